The van der Waals surface area contributed by atoms with E-state index in [-0.39, 0.29) is 0 Å². The first-order chi connectivity index (χ1) is 9.15. The number of methoxy groups -OCH3 is 1. The number of ether oxygens (including phenoxy) is 1. The second kappa shape index (κ2) is 5.65. The fraction of sp³-hybridized carbons (Fsp3) is 0.357. The van der Waals surface area contributed by atoms with Crippen molar-refractivity contribution in [3.05, 3.63) is 35.7 Å². The van der Waals surface area contributed by atoms with E-state index < -0.39 is 0 Å². The molecule has 19 heavy (non-hydrogen) atoms. The van der Waals surface area contributed by atoms with Gasteiger partial charge in [0.15, 0.2) is 6.29 Å². The van der Waals surface area contributed by atoms with Gasteiger partial charge in [0, 0.05) is 0 Å². The van der Waals surface area contributed by atoms with Gasteiger partial charge >= 0.3 is 0 Å². The number of hydrogen-bond donors (Lipinski definition) is 0. The first-order valence-electron chi connectivity index (χ1n) is 6.20. The van der Waals surface area contributed by atoms with Crippen molar-refractivity contribution in [2.75, 3.05) is 7.11 Å². The molecule has 0 atom stereocenters. The lowest BCUT2D eigenvalue weighted by Gasteiger charge is -2.09. The van der Waals surface area contributed by atoms with Crippen LogP contribution in [-0.2, 0) is 6.42 Å². The number of aromatic nitrogens is 3. The van der Waals surface area contributed by atoms with Crippen molar-refractivity contribution in [2.45, 2.75) is 20.3 Å². The van der Waals surface area contributed by atoms with Gasteiger partial charge in [0.2, 0.25) is 0 Å². The molecule has 0 radical (unpaired) electrons. The second-order valence-corrected chi connectivity index (χ2v) is 4.75. The lowest BCUT2D eigenvalue weighted by Crippen LogP contribution is -2.07. The topological polar surface area (TPSA) is 57.0 Å². The van der Waals surface area contributed by atoms with E-state index in [1.165, 1.54) is 0 Å². The molecule has 1 aromatic carbocycles. The highest BCUT2D eigenvalue weighted by molar-refractivity contribution is 5.73. The zero-order valence-electron chi connectivity index (χ0n) is 11.3. The molecule has 0 N–H and O–H groups in total. The Labute approximate surface area is 112 Å². The van der Waals surface area contributed by atoms with Gasteiger partial charge in [-0.15, -0.1) is 5.10 Å². The van der Waals surface area contributed by atoms with E-state index in [1.54, 1.807) is 11.8 Å². The van der Waals surface area contributed by atoms with E-state index >= 15 is 0 Å². The van der Waals surface area contributed by atoms with Crippen molar-refractivity contribution in [3.63, 3.8) is 0 Å². The van der Waals surface area contributed by atoms with Gasteiger partial charge in [-0.05, 0) is 36.6 Å². The summed E-state index contributed by atoms with van der Waals surface area (Å²) < 4.78 is 6.84. The Bertz CT molecular complexity index is 559. The van der Waals surface area contributed by atoms with Crippen LogP contribution in [-0.4, -0.2) is 28.4 Å². The van der Waals surface area contributed by atoms with E-state index in [2.05, 4.69) is 24.2 Å². The van der Waals surface area contributed by atoms with E-state index in [9.17, 15) is 4.79 Å². The van der Waals surface area contributed by atoms with Crippen molar-refractivity contribution in [3.8, 4) is 11.4 Å². The standard InChI is InChI=1S/C14H17N3O2/c1-10(2)8-14-13(9-18)15-16-17(14)11-4-6-12(19-3)7-5-11/h4-7,9-10H,8H2,1-3H3. The number of benzene rings is 1. The molecule has 100 valence electrons. The minimum Gasteiger partial charge on any atom is -0.497 e. The second-order valence-electron chi connectivity index (χ2n) is 4.75. The Morgan fingerprint density at radius 2 is 2.00 bits per heavy atom. The zero-order valence-corrected chi connectivity index (χ0v) is 11.3. The summed E-state index contributed by atoms with van der Waals surface area (Å²) in [6.45, 7) is 4.19. The predicted molar refractivity (Wildman–Crippen MR) is 71.8 cm³/mol. The van der Waals surface area contributed by atoms with Crippen molar-refractivity contribution >= 4 is 6.29 Å². The maximum atomic E-state index is 11.0. The van der Waals surface area contributed by atoms with Crippen LogP contribution in [0.1, 0.15) is 30.0 Å². The summed E-state index contributed by atoms with van der Waals surface area (Å²) in [5, 5.41) is 7.98. The molecular weight excluding hydrogens is 242 g/mol. The van der Waals surface area contributed by atoms with Crippen molar-refractivity contribution in [1.82, 2.24) is 15.0 Å². The molecule has 0 aliphatic carbocycles. The van der Waals surface area contributed by atoms with Crippen LogP contribution < -0.4 is 4.74 Å². The molecule has 0 saturated heterocycles. The molecule has 0 fully saturated rings. The van der Waals surface area contributed by atoms with Crippen LogP contribution in [0.25, 0.3) is 5.69 Å². The Kier molecular flexibility index (Phi) is 3.94. The number of carbonyl (C=O) groups is 1. The minimum absolute atomic E-state index is 0.407. The van der Waals surface area contributed by atoms with Crippen molar-refractivity contribution < 1.29 is 9.53 Å². The van der Waals surface area contributed by atoms with Crippen LogP contribution in [0.5, 0.6) is 5.75 Å². The van der Waals surface area contributed by atoms with Gasteiger partial charge in [0.05, 0.1) is 18.5 Å². The lowest BCUT2D eigenvalue weighted by molar-refractivity contribution is 0.111. The number of rotatable bonds is 5. The Morgan fingerprint density at radius 1 is 1.32 bits per heavy atom. The van der Waals surface area contributed by atoms with Crippen molar-refractivity contribution in [1.29, 1.82) is 0 Å². The fourth-order valence-corrected chi connectivity index (χ4v) is 1.91. The highest BCUT2D eigenvalue weighted by Gasteiger charge is 2.14. The summed E-state index contributed by atoms with van der Waals surface area (Å²) in [6, 6.07) is 7.51. The van der Waals surface area contributed by atoms with Gasteiger partial charge < -0.3 is 4.74 Å². The summed E-state index contributed by atoms with van der Waals surface area (Å²) in [5.41, 5.74) is 2.12. The van der Waals surface area contributed by atoms with Crippen LogP contribution in [0.2, 0.25) is 0 Å². The molecule has 0 spiro atoms. The zero-order chi connectivity index (χ0) is 13.8. The minimum atomic E-state index is 0.407. The summed E-state index contributed by atoms with van der Waals surface area (Å²) in [4.78, 5) is 11.0. The third kappa shape index (κ3) is 2.81. The molecular formula is C14H17N3O2. The Morgan fingerprint density at radius 3 is 2.53 bits per heavy atom. The predicted octanol–water partition coefficient (Wildman–Crippen LogP) is 2.29. The summed E-state index contributed by atoms with van der Waals surface area (Å²) >= 11 is 0. The maximum absolute atomic E-state index is 11.0. The van der Waals surface area contributed by atoms with Crippen LogP contribution in [0, 0.1) is 5.92 Å². The van der Waals surface area contributed by atoms with Gasteiger partial charge in [-0.1, -0.05) is 19.1 Å². The van der Waals surface area contributed by atoms with Crippen LogP contribution in [0.4, 0.5) is 0 Å². The summed E-state index contributed by atoms with van der Waals surface area (Å²) in [6.07, 6.45) is 1.51. The molecule has 0 aliphatic heterocycles. The maximum Gasteiger partial charge on any atom is 0.172 e. The van der Waals surface area contributed by atoms with Gasteiger partial charge in [-0.3, -0.25) is 4.79 Å². The van der Waals surface area contributed by atoms with Crippen LogP contribution in [0.3, 0.4) is 0 Å². The van der Waals surface area contributed by atoms with Crippen molar-refractivity contribution in [2.24, 2.45) is 5.92 Å². The normalized spacial score (nSPS) is 10.7. The van der Waals surface area contributed by atoms with Gasteiger partial charge in [-0.25, -0.2) is 4.68 Å². The number of aldehydes is 1. The molecule has 1 aromatic heterocycles. The lowest BCUT2D eigenvalue weighted by atomic mass is 10.1. The average molecular weight is 259 g/mol. The molecule has 0 aliphatic rings. The van der Waals surface area contributed by atoms with Gasteiger partial charge in [-0.2, -0.15) is 0 Å². The van der Waals surface area contributed by atoms with E-state index in [4.69, 9.17) is 4.74 Å². The van der Waals surface area contributed by atoms with E-state index in [0.717, 1.165) is 29.8 Å². The fourth-order valence-electron chi connectivity index (χ4n) is 1.91. The number of carbonyl (C=O) groups excluding carboxylic acids is 1. The molecule has 1 heterocycles. The highest BCUT2D eigenvalue weighted by atomic mass is 16.5. The quantitative estimate of drug-likeness (QED) is 0.773. The third-order valence-electron chi connectivity index (χ3n) is 2.82. The number of hydrogen-bond acceptors (Lipinski definition) is 4. The molecule has 2 rings (SSSR count). The summed E-state index contributed by atoms with van der Waals surface area (Å²) in [5.74, 6) is 1.21. The molecule has 0 unspecified atom stereocenters. The monoisotopic (exact) mass is 259 g/mol. The first kappa shape index (κ1) is 13.3. The molecule has 0 bridgehead atoms. The Hall–Kier alpha value is -2.17. The molecule has 5 heteroatoms. The van der Waals surface area contributed by atoms with E-state index in [1.807, 2.05) is 24.3 Å². The molecule has 2 aromatic rings. The van der Waals surface area contributed by atoms with Gasteiger partial charge in [0.25, 0.3) is 0 Å². The SMILES string of the molecule is COc1ccc(-n2nnc(C=O)c2CC(C)C)cc1. The van der Waals surface area contributed by atoms with E-state index in [0.29, 0.717) is 11.6 Å². The largest absolute Gasteiger partial charge is 0.497 e. The smallest absolute Gasteiger partial charge is 0.172 e. The molecule has 0 saturated carbocycles. The number of nitrogens with zero attached hydrogens (tertiary/aromatic N) is 3. The van der Waals surface area contributed by atoms with Crippen LogP contribution in [0.15, 0.2) is 24.3 Å². The average Bonchev–Trinajstić information content (AvgIpc) is 2.81. The van der Waals surface area contributed by atoms with Crippen LogP contribution >= 0.6 is 0 Å². The molecule has 5 nitrogen and oxygen atoms in total. The first-order valence-corrected chi connectivity index (χ1v) is 6.20. The highest BCUT2D eigenvalue weighted by Crippen LogP contribution is 2.18. The van der Waals surface area contributed by atoms with Gasteiger partial charge in [0.1, 0.15) is 11.4 Å². The molecule has 0 amide bonds. The third-order valence-corrected chi connectivity index (χ3v) is 2.82. The Balaban J connectivity index is 2.42. The summed E-state index contributed by atoms with van der Waals surface area (Å²) in [7, 11) is 1.62.